The molecular formula is C15H22BrNO3. The smallest absolute Gasteiger partial charge is 0.126 e. The van der Waals surface area contributed by atoms with Gasteiger partial charge in [-0.2, -0.15) is 0 Å². The Morgan fingerprint density at radius 2 is 2.00 bits per heavy atom. The number of ether oxygens (including phenoxy) is 3. The highest BCUT2D eigenvalue weighted by Crippen LogP contribution is 2.32. The Hall–Kier alpha value is -0.780. The molecule has 0 aromatic heterocycles. The van der Waals surface area contributed by atoms with Crippen LogP contribution in [0.1, 0.15) is 18.4 Å². The first-order chi connectivity index (χ1) is 9.74. The number of hydrogen-bond acceptors (Lipinski definition) is 4. The Balaban J connectivity index is 1.78. The van der Waals surface area contributed by atoms with Gasteiger partial charge in [-0.15, -0.1) is 0 Å². The molecule has 0 unspecified atom stereocenters. The summed E-state index contributed by atoms with van der Waals surface area (Å²) in [5.41, 5.74) is 1.11. The minimum absolute atomic E-state index is 0.688. The van der Waals surface area contributed by atoms with Crippen LogP contribution in [-0.4, -0.2) is 40.0 Å². The van der Waals surface area contributed by atoms with E-state index < -0.39 is 0 Å². The molecule has 4 nitrogen and oxygen atoms in total. The molecule has 112 valence electrons. The van der Waals surface area contributed by atoms with E-state index in [0.717, 1.165) is 47.1 Å². The molecule has 1 aromatic carbocycles. The quantitative estimate of drug-likeness (QED) is 0.700. The van der Waals surface area contributed by atoms with Gasteiger partial charge >= 0.3 is 0 Å². The zero-order valence-corrected chi connectivity index (χ0v) is 13.7. The van der Waals surface area contributed by atoms with Crippen LogP contribution in [0, 0.1) is 0 Å². The van der Waals surface area contributed by atoms with Gasteiger partial charge in [-0.1, -0.05) is 15.9 Å². The fourth-order valence-corrected chi connectivity index (χ4v) is 2.65. The molecule has 2 rings (SSSR count). The fourth-order valence-electron chi connectivity index (χ4n) is 2.03. The van der Waals surface area contributed by atoms with Gasteiger partial charge in [0.15, 0.2) is 0 Å². The molecule has 5 heteroatoms. The molecule has 0 atom stereocenters. The molecule has 0 bridgehead atoms. The second-order valence-corrected chi connectivity index (χ2v) is 5.74. The first kappa shape index (κ1) is 15.6. The summed E-state index contributed by atoms with van der Waals surface area (Å²) in [5, 5.41) is 3.43. The van der Waals surface area contributed by atoms with E-state index in [2.05, 4.69) is 21.2 Å². The molecule has 20 heavy (non-hydrogen) atoms. The number of rotatable bonds is 9. The molecule has 0 aliphatic heterocycles. The first-order valence-electron chi connectivity index (χ1n) is 6.96. The predicted octanol–water partition coefficient (Wildman–Crippen LogP) is 2.78. The van der Waals surface area contributed by atoms with E-state index in [9.17, 15) is 0 Å². The summed E-state index contributed by atoms with van der Waals surface area (Å²) in [7, 11) is 3.32. The molecule has 0 heterocycles. The van der Waals surface area contributed by atoms with Gasteiger partial charge in [-0.25, -0.2) is 0 Å². The van der Waals surface area contributed by atoms with E-state index >= 15 is 0 Å². The first-order valence-corrected chi connectivity index (χ1v) is 7.75. The van der Waals surface area contributed by atoms with Gasteiger partial charge in [0.05, 0.1) is 27.4 Å². The van der Waals surface area contributed by atoms with Crippen molar-refractivity contribution in [2.75, 3.05) is 34.0 Å². The van der Waals surface area contributed by atoms with Crippen molar-refractivity contribution < 1.29 is 14.2 Å². The van der Waals surface area contributed by atoms with Gasteiger partial charge < -0.3 is 19.5 Å². The molecule has 1 aliphatic carbocycles. The average Bonchev–Trinajstić information content (AvgIpc) is 3.27. The average molecular weight is 344 g/mol. The van der Waals surface area contributed by atoms with Crippen LogP contribution in [0.15, 0.2) is 16.6 Å². The van der Waals surface area contributed by atoms with Crippen LogP contribution in [0.3, 0.4) is 0 Å². The summed E-state index contributed by atoms with van der Waals surface area (Å²) in [6.45, 7) is 2.38. The van der Waals surface area contributed by atoms with Crippen molar-refractivity contribution in [2.45, 2.75) is 25.3 Å². The maximum Gasteiger partial charge on any atom is 0.126 e. The highest BCUT2D eigenvalue weighted by Gasteiger charge is 2.19. The van der Waals surface area contributed by atoms with Gasteiger partial charge in [-0.3, -0.25) is 0 Å². The molecule has 1 fully saturated rings. The van der Waals surface area contributed by atoms with E-state index in [0.29, 0.717) is 6.61 Å². The molecule has 1 saturated carbocycles. The summed E-state index contributed by atoms with van der Waals surface area (Å²) >= 11 is 3.56. The van der Waals surface area contributed by atoms with Crippen LogP contribution in [0.5, 0.6) is 11.5 Å². The van der Waals surface area contributed by atoms with E-state index in [1.807, 2.05) is 12.1 Å². The van der Waals surface area contributed by atoms with E-state index in [-0.39, 0.29) is 0 Å². The zero-order chi connectivity index (χ0) is 14.4. The number of nitrogens with one attached hydrogen (secondary N) is 1. The SMILES string of the molecule is COc1cc(Br)c(CCOCCNC2CC2)c(OC)c1. The third kappa shape index (κ3) is 4.65. The largest absolute Gasteiger partial charge is 0.497 e. The zero-order valence-electron chi connectivity index (χ0n) is 12.1. The van der Waals surface area contributed by atoms with Gasteiger partial charge in [0.1, 0.15) is 11.5 Å². The third-order valence-corrected chi connectivity index (χ3v) is 4.04. The van der Waals surface area contributed by atoms with Gasteiger partial charge in [0.2, 0.25) is 0 Å². The van der Waals surface area contributed by atoms with Crippen molar-refractivity contribution >= 4 is 15.9 Å². The third-order valence-electron chi connectivity index (χ3n) is 3.34. The molecular weight excluding hydrogens is 322 g/mol. The Bertz CT molecular complexity index is 435. The van der Waals surface area contributed by atoms with E-state index in [1.165, 1.54) is 12.8 Å². The molecule has 0 radical (unpaired) electrons. The molecule has 0 spiro atoms. The molecule has 1 aliphatic rings. The van der Waals surface area contributed by atoms with Crippen molar-refractivity contribution in [1.29, 1.82) is 0 Å². The summed E-state index contributed by atoms with van der Waals surface area (Å²) in [6, 6.07) is 4.59. The van der Waals surface area contributed by atoms with Crippen molar-refractivity contribution in [3.05, 3.63) is 22.2 Å². The van der Waals surface area contributed by atoms with Crippen molar-refractivity contribution in [3.8, 4) is 11.5 Å². The summed E-state index contributed by atoms with van der Waals surface area (Å²) in [5.74, 6) is 1.61. The van der Waals surface area contributed by atoms with Gasteiger partial charge in [0, 0.05) is 35.1 Å². The Labute approximate surface area is 128 Å². The van der Waals surface area contributed by atoms with E-state index in [1.54, 1.807) is 14.2 Å². The Morgan fingerprint density at radius 1 is 1.20 bits per heavy atom. The summed E-state index contributed by atoms with van der Waals surface area (Å²) in [4.78, 5) is 0. The lowest BCUT2D eigenvalue weighted by Gasteiger charge is -2.13. The minimum Gasteiger partial charge on any atom is -0.497 e. The summed E-state index contributed by atoms with van der Waals surface area (Å²) < 4.78 is 17.3. The topological polar surface area (TPSA) is 39.7 Å². The Morgan fingerprint density at radius 3 is 2.65 bits per heavy atom. The number of halogens is 1. The second-order valence-electron chi connectivity index (χ2n) is 4.88. The number of methoxy groups -OCH3 is 2. The van der Waals surface area contributed by atoms with Crippen LogP contribution in [0.25, 0.3) is 0 Å². The van der Waals surface area contributed by atoms with Gasteiger partial charge in [-0.05, 0) is 18.9 Å². The maximum atomic E-state index is 5.66. The fraction of sp³-hybridized carbons (Fsp3) is 0.600. The summed E-state index contributed by atoms with van der Waals surface area (Å²) in [6.07, 6.45) is 3.45. The highest BCUT2D eigenvalue weighted by atomic mass is 79.9. The molecule has 1 aromatic rings. The predicted molar refractivity (Wildman–Crippen MR) is 82.8 cm³/mol. The van der Waals surface area contributed by atoms with Crippen LogP contribution in [-0.2, 0) is 11.2 Å². The lowest BCUT2D eigenvalue weighted by atomic mass is 10.1. The van der Waals surface area contributed by atoms with Crippen LogP contribution < -0.4 is 14.8 Å². The molecule has 1 N–H and O–H groups in total. The highest BCUT2D eigenvalue weighted by molar-refractivity contribution is 9.10. The second kappa shape index (κ2) is 7.86. The number of hydrogen-bond donors (Lipinski definition) is 1. The van der Waals surface area contributed by atoms with Crippen molar-refractivity contribution in [2.24, 2.45) is 0 Å². The van der Waals surface area contributed by atoms with Gasteiger partial charge in [0.25, 0.3) is 0 Å². The standard InChI is InChI=1S/C15H22BrNO3/c1-18-12-9-14(16)13(15(10-12)19-2)5-7-20-8-6-17-11-3-4-11/h9-11,17H,3-8H2,1-2H3. The normalized spacial score (nSPS) is 14.3. The van der Waals surface area contributed by atoms with Crippen LogP contribution in [0.4, 0.5) is 0 Å². The molecule has 0 amide bonds. The maximum absolute atomic E-state index is 5.66. The number of benzene rings is 1. The van der Waals surface area contributed by atoms with Crippen LogP contribution in [0.2, 0.25) is 0 Å². The van der Waals surface area contributed by atoms with Crippen molar-refractivity contribution in [3.63, 3.8) is 0 Å². The Kier molecular flexibility index (Phi) is 6.13. The molecule has 0 saturated heterocycles. The lowest BCUT2D eigenvalue weighted by molar-refractivity contribution is 0.138. The van der Waals surface area contributed by atoms with Crippen LogP contribution >= 0.6 is 15.9 Å². The minimum atomic E-state index is 0.688. The van der Waals surface area contributed by atoms with E-state index in [4.69, 9.17) is 14.2 Å². The van der Waals surface area contributed by atoms with Crippen molar-refractivity contribution in [1.82, 2.24) is 5.32 Å². The lowest BCUT2D eigenvalue weighted by Crippen LogP contribution is -2.22. The monoisotopic (exact) mass is 343 g/mol.